The second-order valence-corrected chi connectivity index (χ2v) is 4.79. The maximum atomic E-state index is 11.4. The predicted octanol–water partition coefficient (Wildman–Crippen LogP) is 0.481. The molecule has 0 bridgehead atoms. The fraction of sp³-hybridized carbons (Fsp3) is 0.417. The zero-order chi connectivity index (χ0) is 13.3. The van der Waals surface area contributed by atoms with E-state index in [1.807, 2.05) is 4.90 Å². The molecule has 18 heavy (non-hydrogen) atoms. The third-order valence-corrected chi connectivity index (χ3v) is 3.44. The molecule has 6 heteroatoms. The van der Waals surface area contributed by atoms with Gasteiger partial charge in [0.25, 0.3) is 0 Å². The molecule has 1 atom stereocenters. The van der Waals surface area contributed by atoms with Gasteiger partial charge in [-0.2, -0.15) is 0 Å². The molecule has 96 valence electrons. The van der Waals surface area contributed by atoms with Crippen LogP contribution >= 0.6 is 0 Å². The fourth-order valence-electron chi connectivity index (χ4n) is 2.19. The number of aromatic carboxylic acids is 1. The van der Waals surface area contributed by atoms with Crippen molar-refractivity contribution in [2.45, 2.75) is 13.3 Å². The molecule has 0 aromatic carbocycles. The van der Waals surface area contributed by atoms with Crippen molar-refractivity contribution in [3.05, 3.63) is 24.0 Å². The average Bonchev–Trinajstić information content (AvgIpc) is 2.73. The van der Waals surface area contributed by atoms with Gasteiger partial charge in [-0.25, -0.2) is 4.79 Å². The summed E-state index contributed by atoms with van der Waals surface area (Å²) in [5.74, 6) is -1.36. The molecule has 2 rings (SSSR count). The van der Waals surface area contributed by atoms with E-state index in [1.165, 1.54) is 18.5 Å². The van der Waals surface area contributed by atoms with Crippen molar-refractivity contribution in [2.75, 3.05) is 18.0 Å². The zero-order valence-corrected chi connectivity index (χ0v) is 10.1. The van der Waals surface area contributed by atoms with Crippen molar-refractivity contribution in [1.29, 1.82) is 0 Å². The molecule has 1 aliphatic rings. The Bertz CT molecular complexity index is 503. The highest BCUT2D eigenvalue weighted by atomic mass is 16.4. The summed E-state index contributed by atoms with van der Waals surface area (Å²) in [6.07, 6.45) is 3.57. The minimum Gasteiger partial charge on any atom is -0.478 e. The number of hydrogen-bond donors (Lipinski definition) is 2. The van der Waals surface area contributed by atoms with Crippen LogP contribution < -0.4 is 10.6 Å². The number of carbonyl (C=O) groups excluding carboxylic acids is 1. The minimum atomic E-state index is -1.000. The van der Waals surface area contributed by atoms with Crippen LogP contribution in [0.3, 0.4) is 0 Å². The summed E-state index contributed by atoms with van der Waals surface area (Å²) < 4.78 is 0. The van der Waals surface area contributed by atoms with Crippen LogP contribution in [-0.2, 0) is 4.79 Å². The highest BCUT2D eigenvalue weighted by molar-refractivity contribution is 5.94. The third-order valence-electron chi connectivity index (χ3n) is 3.44. The third kappa shape index (κ3) is 2.01. The van der Waals surface area contributed by atoms with Gasteiger partial charge in [-0.3, -0.25) is 9.78 Å². The van der Waals surface area contributed by atoms with Crippen molar-refractivity contribution in [3.63, 3.8) is 0 Å². The molecular formula is C12H15N3O3. The molecule has 3 N–H and O–H groups in total. The van der Waals surface area contributed by atoms with Crippen LogP contribution in [0.15, 0.2) is 18.5 Å². The highest BCUT2D eigenvalue weighted by Gasteiger charge is 2.39. The Morgan fingerprint density at radius 3 is 2.83 bits per heavy atom. The molecule has 1 aliphatic heterocycles. The van der Waals surface area contributed by atoms with Crippen LogP contribution in [0.1, 0.15) is 23.7 Å². The molecule has 1 unspecified atom stereocenters. The normalized spacial score (nSPS) is 23.1. The quantitative estimate of drug-likeness (QED) is 0.812. The molecule has 2 heterocycles. The molecular weight excluding hydrogens is 234 g/mol. The number of carboxylic acids is 1. The number of carbonyl (C=O) groups is 2. The SMILES string of the molecule is CC1(C(N)=O)CCN(c2cnccc2C(=O)O)C1. The second kappa shape index (κ2) is 4.29. The van der Waals surface area contributed by atoms with Crippen molar-refractivity contribution >= 4 is 17.6 Å². The lowest BCUT2D eigenvalue weighted by Crippen LogP contribution is -2.37. The fourth-order valence-corrected chi connectivity index (χ4v) is 2.19. The molecule has 1 amide bonds. The van der Waals surface area contributed by atoms with Gasteiger partial charge in [-0.1, -0.05) is 0 Å². The van der Waals surface area contributed by atoms with E-state index in [2.05, 4.69) is 4.98 Å². The number of anilines is 1. The molecule has 1 fully saturated rings. The standard InChI is InChI=1S/C12H15N3O3/c1-12(11(13)18)3-5-15(7-12)9-6-14-4-2-8(9)10(16)17/h2,4,6H,3,5,7H2,1H3,(H2,13,18)(H,16,17). The monoisotopic (exact) mass is 249 g/mol. The van der Waals surface area contributed by atoms with Crippen LogP contribution in [0.5, 0.6) is 0 Å². The summed E-state index contributed by atoms with van der Waals surface area (Å²) >= 11 is 0. The van der Waals surface area contributed by atoms with Crippen LogP contribution in [0.4, 0.5) is 5.69 Å². The van der Waals surface area contributed by atoms with Gasteiger partial charge in [0.2, 0.25) is 5.91 Å². The number of primary amides is 1. The maximum absolute atomic E-state index is 11.4. The van der Waals surface area contributed by atoms with Gasteiger partial charge >= 0.3 is 5.97 Å². The second-order valence-electron chi connectivity index (χ2n) is 4.79. The van der Waals surface area contributed by atoms with E-state index in [1.54, 1.807) is 6.92 Å². The van der Waals surface area contributed by atoms with Gasteiger partial charge in [0.1, 0.15) is 0 Å². The Morgan fingerprint density at radius 2 is 2.28 bits per heavy atom. The van der Waals surface area contributed by atoms with Gasteiger partial charge in [-0.15, -0.1) is 0 Å². The Labute approximate surface area is 104 Å². The van der Waals surface area contributed by atoms with E-state index >= 15 is 0 Å². The van der Waals surface area contributed by atoms with Crippen LogP contribution in [-0.4, -0.2) is 35.1 Å². The van der Waals surface area contributed by atoms with E-state index in [0.717, 1.165) is 0 Å². The smallest absolute Gasteiger partial charge is 0.337 e. The Hall–Kier alpha value is -2.11. The number of carboxylic acid groups (broad SMARTS) is 1. The number of aromatic nitrogens is 1. The van der Waals surface area contributed by atoms with Crippen molar-refractivity contribution < 1.29 is 14.7 Å². The van der Waals surface area contributed by atoms with E-state index in [0.29, 0.717) is 25.2 Å². The first-order valence-electron chi connectivity index (χ1n) is 5.66. The number of rotatable bonds is 3. The van der Waals surface area contributed by atoms with Gasteiger partial charge < -0.3 is 15.7 Å². The summed E-state index contributed by atoms with van der Waals surface area (Å²) in [5.41, 5.74) is 5.50. The van der Waals surface area contributed by atoms with E-state index in [9.17, 15) is 9.59 Å². The number of nitrogens with two attached hydrogens (primary N) is 1. The molecule has 0 radical (unpaired) electrons. The zero-order valence-electron chi connectivity index (χ0n) is 10.1. The first-order valence-corrected chi connectivity index (χ1v) is 5.66. The molecule has 1 saturated heterocycles. The van der Waals surface area contributed by atoms with Gasteiger partial charge in [-0.05, 0) is 19.4 Å². The largest absolute Gasteiger partial charge is 0.478 e. The summed E-state index contributed by atoms with van der Waals surface area (Å²) in [4.78, 5) is 28.3. The van der Waals surface area contributed by atoms with Crippen LogP contribution in [0.25, 0.3) is 0 Å². The summed E-state index contributed by atoms with van der Waals surface area (Å²) in [5, 5.41) is 9.12. The van der Waals surface area contributed by atoms with Gasteiger partial charge in [0, 0.05) is 19.3 Å². The summed E-state index contributed by atoms with van der Waals surface area (Å²) in [6, 6.07) is 1.46. The molecule has 0 spiro atoms. The van der Waals surface area contributed by atoms with E-state index < -0.39 is 11.4 Å². The van der Waals surface area contributed by atoms with Crippen LogP contribution in [0, 0.1) is 5.41 Å². The van der Waals surface area contributed by atoms with Gasteiger partial charge in [0.15, 0.2) is 0 Å². The lowest BCUT2D eigenvalue weighted by atomic mass is 9.89. The highest BCUT2D eigenvalue weighted by Crippen LogP contribution is 2.33. The molecule has 1 aromatic rings. The maximum Gasteiger partial charge on any atom is 0.337 e. The molecule has 6 nitrogen and oxygen atoms in total. The number of amides is 1. The van der Waals surface area contributed by atoms with Crippen molar-refractivity contribution in [2.24, 2.45) is 11.1 Å². The predicted molar refractivity (Wildman–Crippen MR) is 65.3 cm³/mol. The summed E-state index contributed by atoms with van der Waals surface area (Å²) in [7, 11) is 0. The first kappa shape index (κ1) is 12.3. The Kier molecular flexibility index (Phi) is 2.94. The Balaban J connectivity index is 2.30. The van der Waals surface area contributed by atoms with Crippen molar-refractivity contribution in [3.8, 4) is 0 Å². The first-order chi connectivity index (χ1) is 8.44. The van der Waals surface area contributed by atoms with E-state index in [-0.39, 0.29) is 11.5 Å². The lowest BCUT2D eigenvalue weighted by molar-refractivity contribution is -0.125. The van der Waals surface area contributed by atoms with Gasteiger partial charge in [0.05, 0.1) is 22.9 Å². The lowest BCUT2D eigenvalue weighted by Gasteiger charge is -2.23. The number of hydrogen-bond acceptors (Lipinski definition) is 4. The summed E-state index contributed by atoms with van der Waals surface area (Å²) in [6.45, 7) is 2.83. The Morgan fingerprint density at radius 1 is 1.56 bits per heavy atom. The molecule has 0 saturated carbocycles. The minimum absolute atomic E-state index is 0.193. The number of pyridine rings is 1. The van der Waals surface area contributed by atoms with E-state index in [4.69, 9.17) is 10.8 Å². The van der Waals surface area contributed by atoms with Crippen LogP contribution in [0.2, 0.25) is 0 Å². The average molecular weight is 249 g/mol. The topological polar surface area (TPSA) is 96.5 Å². The van der Waals surface area contributed by atoms with Crippen molar-refractivity contribution in [1.82, 2.24) is 4.98 Å². The molecule has 0 aliphatic carbocycles. The molecule has 1 aromatic heterocycles. The number of nitrogens with zero attached hydrogens (tertiary/aromatic N) is 2.